The number of ether oxygens (including phenoxy) is 1. The summed E-state index contributed by atoms with van der Waals surface area (Å²) in [7, 11) is 0. The van der Waals surface area contributed by atoms with Gasteiger partial charge >= 0.3 is 0 Å². The second-order valence-corrected chi connectivity index (χ2v) is 7.39. The van der Waals surface area contributed by atoms with Crippen molar-refractivity contribution in [3.8, 4) is 0 Å². The predicted molar refractivity (Wildman–Crippen MR) is 83.8 cm³/mol. The number of benzene rings is 1. The molecule has 0 radical (unpaired) electrons. The highest BCUT2D eigenvalue weighted by Crippen LogP contribution is 2.24. The van der Waals surface area contributed by atoms with Gasteiger partial charge in [-0.15, -0.1) is 11.8 Å². The second kappa shape index (κ2) is 6.29. The van der Waals surface area contributed by atoms with Gasteiger partial charge in [-0.3, -0.25) is 0 Å². The van der Waals surface area contributed by atoms with Crippen molar-refractivity contribution in [1.29, 1.82) is 0 Å². The fraction of sp³-hybridized carbons (Fsp3) is 0.438. The summed E-state index contributed by atoms with van der Waals surface area (Å²) in [6, 6.07) is 10.7. The van der Waals surface area contributed by atoms with E-state index in [1.54, 1.807) is 11.8 Å². The van der Waals surface area contributed by atoms with Crippen LogP contribution in [0.3, 0.4) is 0 Å². The summed E-state index contributed by atoms with van der Waals surface area (Å²) < 4.78 is 5.84. The molecule has 0 unspecified atom stereocenters. The smallest absolute Gasteiger partial charge is 0.209 e. The highest BCUT2D eigenvalue weighted by Gasteiger charge is 2.17. The molecule has 1 atom stereocenters. The molecule has 2 nitrogen and oxygen atoms in total. The Morgan fingerprint density at radius 3 is 2.74 bits per heavy atom. The van der Waals surface area contributed by atoms with E-state index in [4.69, 9.17) is 4.74 Å². The Morgan fingerprint density at radius 2 is 2.05 bits per heavy atom. The lowest BCUT2D eigenvalue weighted by atomic mass is 10.1. The largest absolute Gasteiger partial charge is 0.476 e. The van der Waals surface area contributed by atoms with E-state index in [0.29, 0.717) is 6.61 Å². The van der Waals surface area contributed by atoms with Crippen molar-refractivity contribution in [3.63, 3.8) is 0 Å². The first-order chi connectivity index (χ1) is 9.03. The molecule has 1 aliphatic rings. The number of hydrogen-bond acceptors (Lipinski definition) is 3. The Hall–Kier alpha value is -1.22. The Kier molecular flexibility index (Phi) is 4.70. The minimum absolute atomic E-state index is 0.235. The van der Waals surface area contributed by atoms with E-state index >= 15 is 0 Å². The normalized spacial score (nSPS) is 19.5. The van der Waals surface area contributed by atoms with Gasteiger partial charge in [0.05, 0.1) is 6.04 Å². The van der Waals surface area contributed by atoms with Crippen LogP contribution in [0.4, 0.5) is 0 Å². The van der Waals surface area contributed by atoms with Gasteiger partial charge in [0, 0.05) is 10.8 Å². The average molecular weight is 275 g/mol. The monoisotopic (exact) mass is 275 g/mol. The first-order valence-electron chi connectivity index (χ1n) is 6.62. The van der Waals surface area contributed by atoms with Crippen LogP contribution in [0.1, 0.15) is 26.3 Å². The Morgan fingerprint density at radius 1 is 1.32 bits per heavy atom. The van der Waals surface area contributed by atoms with Crippen LogP contribution in [-0.2, 0) is 11.2 Å². The lowest BCUT2D eigenvalue weighted by Gasteiger charge is -2.13. The van der Waals surface area contributed by atoms with E-state index in [0.717, 1.165) is 12.3 Å². The third-order valence-electron chi connectivity index (χ3n) is 2.68. The number of thioether (sulfide) groups is 1. The molecular formula is C16H21NOS. The van der Waals surface area contributed by atoms with Crippen LogP contribution in [-0.4, -0.2) is 23.3 Å². The summed E-state index contributed by atoms with van der Waals surface area (Å²) in [6.07, 6.45) is 2.92. The second-order valence-electron chi connectivity index (χ2n) is 5.65. The molecule has 0 aliphatic carbocycles. The SMILES string of the molecule is CC(C)(C)S/C=C\C1=N[C@@H](Cc2ccccc2)CO1. The molecular weight excluding hydrogens is 254 g/mol. The Labute approximate surface area is 120 Å². The molecule has 0 fully saturated rings. The molecule has 1 aromatic carbocycles. The predicted octanol–water partition coefficient (Wildman–Crippen LogP) is 4.07. The molecule has 0 aromatic heterocycles. The lowest BCUT2D eigenvalue weighted by Crippen LogP contribution is -2.09. The third kappa shape index (κ3) is 5.11. The van der Waals surface area contributed by atoms with E-state index < -0.39 is 0 Å². The molecule has 19 heavy (non-hydrogen) atoms. The summed E-state index contributed by atoms with van der Waals surface area (Å²) in [5.41, 5.74) is 1.31. The summed E-state index contributed by atoms with van der Waals surface area (Å²) in [5, 5.41) is 2.07. The molecule has 0 amide bonds. The number of rotatable bonds is 4. The molecule has 2 rings (SSSR count). The maximum absolute atomic E-state index is 5.60. The summed E-state index contributed by atoms with van der Waals surface area (Å²) in [4.78, 5) is 4.60. The molecule has 0 bridgehead atoms. The van der Waals surface area contributed by atoms with Gasteiger partial charge in [-0.25, -0.2) is 4.99 Å². The van der Waals surface area contributed by atoms with Crippen molar-refractivity contribution < 1.29 is 4.74 Å². The Balaban J connectivity index is 1.87. The molecule has 0 spiro atoms. The first kappa shape index (κ1) is 14.2. The van der Waals surface area contributed by atoms with Gasteiger partial charge in [-0.05, 0) is 17.4 Å². The van der Waals surface area contributed by atoms with Gasteiger partial charge in [0.25, 0.3) is 0 Å². The van der Waals surface area contributed by atoms with Crippen LogP contribution in [0.2, 0.25) is 0 Å². The van der Waals surface area contributed by atoms with Gasteiger partial charge in [-0.1, -0.05) is 51.1 Å². The maximum Gasteiger partial charge on any atom is 0.209 e. The zero-order valence-electron chi connectivity index (χ0n) is 11.8. The number of aliphatic imine (C=N–C) groups is 1. The van der Waals surface area contributed by atoms with Gasteiger partial charge < -0.3 is 4.74 Å². The van der Waals surface area contributed by atoms with Crippen molar-refractivity contribution >= 4 is 17.7 Å². The molecule has 1 aliphatic heterocycles. The summed E-state index contributed by atoms with van der Waals surface area (Å²) in [5.74, 6) is 0.762. The van der Waals surface area contributed by atoms with Gasteiger partial charge in [0.1, 0.15) is 6.61 Å². The zero-order chi connectivity index (χ0) is 13.7. The van der Waals surface area contributed by atoms with Crippen molar-refractivity contribution in [2.45, 2.75) is 38.0 Å². The molecule has 102 valence electrons. The topological polar surface area (TPSA) is 21.6 Å². The minimum Gasteiger partial charge on any atom is -0.476 e. The summed E-state index contributed by atoms with van der Waals surface area (Å²) >= 11 is 1.78. The molecule has 3 heteroatoms. The molecule has 0 saturated carbocycles. The van der Waals surface area contributed by atoms with Crippen LogP contribution in [0.25, 0.3) is 0 Å². The fourth-order valence-corrected chi connectivity index (χ4v) is 2.41. The van der Waals surface area contributed by atoms with Gasteiger partial charge in [0.15, 0.2) is 0 Å². The van der Waals surface area contributed by atoms with E-state index in [9.17, 15) is 0 Å². The summed E-state index contributed by atoms with van der Waals surface area (Å²) in [6.45, 7) is 7.27. The molecule has 1 heterocycles. The van der Waals surface area contributed by atoms with Crippen molar-refractivity contribution in [2.24, 2.45) is 4.99 Å². The van der Waals surface area contributed by atoms with Crippen LogP contribution >= 0.6 is 11.8 Å². The van der Waals surface area contributed by atoms with Crippen LogP contribution in [0.5, 0.6) is 0 Å². The number of nitrogens with zero attached hydrogens (tertiary/aromatic N) is 1. The molecule has 0 saturated heterocycles. The highest BCUT2D eigenvalue weighted by atomic mass is 32.2. The zero-order valence-corrected chi connectivity index (χ0v) is 12.6. The number of hydrogen-bond donors (Lipinski definition) is 0. The standard InChI is InChI=1S/C16H21NOS/c1-16(2,3)19-10-9-15-17-14(12-18-15)11-13-7-5-4-6-8-13/h4-10,14H,11-12H2,1-3H3/b10-9-/t14-/m0/s1. The Bertz CT molecular complexity index is 459. The van der Waals surface area contributed by atoms with E-state index in [1.807, 2.05) is 12.1 Å². The van der Waals surface area contributed by atoms with E-state index in [2.05, 4.69) is 55.4 Å². The van der Waals surface area contributed by atoms with Crippen LogP contribution < -0.4 is 0 Å². The third-order valence-corrected chi connectivity index (χ3v) is 3.66. The van der Waals surface area contributed by atoms with Crippen molar-refractivity contribution in [3.05, 3.63) is 47.4 Å². The molecule has 1 aromatic rings. The average Bonchev–Trinajstić information content (AvgIpc) is 2.76. The van der Waals surface area contributed by atoms with Gasteiger partial charge in [0.2, 0.25) is 5.90 Å². The van der Waals surface area contributed by atoms with Gasteiger partial charge in [-0.2, -0.15) is 0 Å². The maximum atomic E-state index is 5.60. The van der Waals surface area contributed by atoms with E-state index in [1.165, 1.54) is 5.56 Å². The fourth-order valence-electron chi connectivity index (χ4n) is 1.81. The van der Waals surface area contributed by atoms with Crippen molar-refractivity contribution in [1.82, 2.24) is 0 Å². The van der Waals surface area contributed by atoms with Crippen LogP contribution in [0, 0.1) is 0 Å². The van der Waals surface area contributed by atoms with Crippen LogP contribution in [0.15, 0.2) is 46.8 Å². The lowest BCUT2D eigenvalue weighted by molar-refractivity contribution is 0.318. The molecule has 0 N–H and O–H groups in total. The first-order valence-corrected chi connectivity index (χ1v) is 7.50. The quantitative estimate of drug-likeness (QED) is 0.826. The van der Waals surface area contributed by atoms with Crippen molar-refractivity contribution in [2.75, 3.05) is 6.61 Å². The minimum atomic E-state index is 0.235. The van der Waals surface area contributed by atoms with E-state index in [-0.39, 0.29) is 10.8 Å². The highest BCUT2D eigenvalue weighted by molar-refractivity contribution is 8.03.